The third-order valence-corrected chi connectivity index (χ3v) is 4.92. The van der Waals surface area contributed by atoms with Crippen LogP contribution in [0.5, 0.6) is 0 Å². The Balaban J connectivity index is 1.51. The number of rotatable bonds is 5. The average molecular weight is 365 g/mol. The monoisotopic (exact) mass is 365 g/mol. The fraction of sp³-hybridized carbons (Fsp3) is 0.421. The molecule has 1 amide bonds. The third-order valence-electron chi connectivity index (χ3n) is 4.92. The van der Waals surface area contributed by atoms with Crippen LogP contribution in [0.4, 0.5) is 5.95 Å². The first-order valence-electron chi connectivity index (χ1n) is 9.15. The van der Waals surface area contributed by atoms with Gasteiger partial charge in [-0.3, -0.25) is 9.78 Å². The van der Waals surface area contributed by atoms with Crippen molar-refractivity contribution in [3.63, 3.8) is 0 Å². The molecule has 3 aromatic heterocycles. The summed E-state index contributed by atoms with van der Waals surface area (Å²) < 4.78 is 2.14. The molecule has 0 aromatic carbocycles. The van der Waals surface area contributed by atoms with Crippen molar-refractivity contribution in [3.05, 3.63) is 42.2 Å². The minimum absolute atomic E-state index is 0.0163. The number of nitrogens with zero attached hydrogens (tertiary/aromatic N) is 6. The number of imidazole rings is 1. The fourth-order valence-corrected chi connectivity index (χ4v) is 3.31. The molecular formula is C19H23N7O. The second-order valence-electron chi connectivity index (χ2n) is 7.15. The molecule has 3 aromatic rings. The molecule has 4 rings (SSSR count). The van der Waals surface area contributed by atoms with Crippen LogP contribution < -0.4 is 10.2 Å². The highest BCUT2D eigenvalue weighted by atomic mass is 16.2. The first-order chi connectivity index (χ1) is 13.0. The Labute approximate surface area is 157 Å². The SMILES string of the molecule is CNC(=O)C1CN(c2nccc(Cc3cc4c(cn3)ncn4C(C)C)n2)C1. The van der Waals surface area contributed by atoms with Crippen LogP contribution in [0.2, 0.25) is 0 Å². The Morgan fingerprint density at radius 2 is 2.07 bits per heavy atom. The summed E-state index contributed by atoms with van der Waals surface area (Å²) in [6.45, 7) is 5.58. The van der Waals surface area contributed by atoms with Gasteiger partial charge in [-0.25, -0.2) is 15.0 Å². The van der Waals surface area contributed by atoms with Gasteiger partial charge in [-0.1, -0.05) is 0 Å². The summed E-state index contributed by atoms with van der Waals surface area (Å²) in [6, 6.07) is 4.33. The van der Waals surface area contributed by atoms with Crippen molar-refractivity contribution < 1.29 is 4.79 Å². The number of anilines is 1. The lowest BCUT2D eigenvalue weighted by Crippen LogP contribution is -2.53. The van der Waals surface area contributed by atoms with Gasteiger partial charge in [-0.05, 0) is 26.0 Å². The van der Waals surface area contributed by atoms with E-state index in [2.05, 4.69) is 49.7 Å². The third kappa shape index (κ3) is 3.34. The number of amides is 1. The van der Waals surface area contributed by atoms with Crippen LogP contribution in [-0.2, 0) is 11.2 Å². The molecule has 0 spiro atoms. The van der Waals surface area contributed by atoms with Crippen molar-refractivity contribution in [2.45, 2.75) is 26.3 Å². The number of nitrogens with one attached hydrogen (secondary N) is 1. The van der Waals surface area contributed by atoms with Crippen LogP contribution >= 0.6 is 0 Å². The van der Waals surface area contributed by atoms with E-state index in [0.29, 0.717) is 31.5 Å². The largest absolute Gasteiger partial charge is 0.359 e. The topological polar surface area (TPSA) is 88.8 Å². The summed E-state index contributed by atoms with van der Waals surface area (Å²) in [5.74, 6) is 0.755. The van der Waals surface area contributed by atoms with Gasteiger partial charge in [-0.2, -0.15) is 0 Å². The van der Waals surface area contributed by atoms with Gasteiger partial charge in [-0.15, -0.1) is 0 Å². The van der Waals surface area contributed by atoms with Gasteiger partial charge in [0.15, 0.2) is 0 Å². The Kier molecular flexibility index (Phi) is 4.47. The van der Waals surface area contributed by atoms with Crippen molar-refractivity contribution in [2.75, 3.05) is 25.0 Å². The number of carbonyl (C=O) groups is 1. The van der Waals surface area contributed by atoms with Crippen LogP contribution in [0.25, 0.3) is 11.0 Å². The molecule has 1 N–H and O–H groups in total. The van der Waals surface area contributed by atoms with Crippen molar-refractivity contribution in [2.24, 2.45) is 5.92 Å². The van der Waals surface area contributed by atoms with Gasteiger partial charge in [0, 0.05) is 44.5 Å². The molecule has 140 valence electrons. The van der Waals surface area contributed by atoms with E-state index in [-0.39, 0.29) is 11.8 Å². The van der Waals surface area contributed by atoms with E-state index in [1.807, 2.05) is 23.5 Å². The standard InChI is InChI=1S/C19H23N7O/c1-12(2)26-11-23-16-8-22-15(7-17(16)26)6-14-4-5-21-19(24-14)25-9-13(10-25)18(27)20-3/h4-5,7-8,11-13H,6,9-10H2,1-3H3,(H,20,27). The van der Waals surface area contributed by atoms with Gasteiger partial charge >= 0.3 is 0 Å². The quantitative estimate of drug-likeness (QED) is 0.738. The summed E-state index contributed by atoms with van der Waals surface area (Å²) in [5.41, 5.74) is 3.84. The number of hydrogen-bond acceptors (Lipinski definition) is 6. The van der Waals surface area contributed by atoms with Gasteiger partial charge < -0.3 is 14.8 Å². The van der Waals surface area contributed by atoms with Crippen molar-refractivity contribution >= 4 is 22.9 Å². The number of aromatic nitrogens is 5. The van der Waals surface area contributed by atoms with E-state index in [0.717, 1.165) is 22.4 Å². The molecule has 1 saturated heterocycles. The van der Waals surface area contributed by atoms with Gasteiger partial charge in [0.05, 0.1) is 29.7 Å². The first-order valence-corrected chi connectivity index (χ1v) is 9.15. The predicted molar refractivity (Wildman–Crippen MR) is 103 cm³/mol. The van der Waals surface area contributed by atoms with Crippen LogP contribution in [0, 0.1) is 5.92 Å². The van der Waals surface area contributed by atoms with Gasteiger partial charge in [0.25, 0.3) is 0 Å². The second kappa shape index (κ2) is 6.94. The molecule has 0 radical (unpaired) electrons. The summed E-state index contributed by atoms with van der Waals surface area (Å²) >= 11 is 0. The molecule has 1 aliphatic heterocycles. The minimum Gasteiger partial charge on any atom is -0.359 e. The zero-order valence-corrected chi connectivity index (χ0v) is 15.8. The molecule has 8 nitrogen and oxygen atoms in total. The second-order valence-corrected chi connectivity index (χ2v) is 7.15. The maximum Gasteiger partial charge on any atom is 0.226 e. The molecule has 0 unspecified atom stereocenters. The van der Waals surface area contributed by atoms with Crippen LogP contribution in [0.3, 0.4) is 0 Å². The minimum atomic E-state index is 0.0163. The van der Waals surface area contributed by atoms with E-state index >= 15 is 0 Å². The molecule has 1 fully saturated rings. The highest BCUT2D eigenvalue weighted by Crippen LogP contribution is 2.22. The van der Waals surface area contributed by atoms with Crippen molar-refractivity contribution in [1.29, 1.82) is 0 Å². The molecule has 1 aliphatic rings. The Morgan fingerprint density at radius 1 is 1.26 bits per heavy atom. The van der Waals surface area contributed by atoms with E-state index in [1.54, 1.807) is 13.2 Å². The zero-order chi connectivity index (χ0) is 19.0. The Bertz CT molecular complexity index is 975. The van der Waals surface area contributed by atoms with Crippen LogP contribution in [0.15, 0.2) is 30.9 Å². The van der Waals surface area contributed by atoms with E-state index in [9.17, 15) is 4.79 Å². The van der Waals surface area contributed by atoms with Crippen LogP contribution in [0.1, 0.15) is 31.3 Å². The number of hydrogen-bond donors (Lipinski definition) is 1. The Morgan fingerprint density at radius 3 is 2.81 bits per heavy atom. The molecule has 4 heterocycles. The highest BCUT2D eigenvalue weighted by molar-refractivity contribution is 5.81. The zero-order valence-electron chi connectivity index (χ0n) is 15.8. The lowest BCUT2D eigenvalue weighted by atomic mass is 10.00. The summed E-state index contributed by atoms with van der Waals surface area (Å²) in [4.78, 5) is 31.6. The molecule has 0 aliphatic carbocycles. The molecule has 0 saturated carbocycles. The molecule has 27 heavy (non-hydrogen) atoms. The Hall–Kier alpha value is -3.03. The summed E-state index contributed by atoms with van der Waals surface area (Å²) in [7, 11) is 1.66. The average Bonchev–Trinajstić information content (AvgIpc) is 3.04. The normalized spacial score (nSPS) is 14.6. The van der Waals surface area contributed by atoms with E-state index in [4.69, 9.17) is 0 Å². The van der Waals surface area contributed by atoms with Crippen molar-refractivity contribution in [1.82, 2.24) is 29.8 Å². The van der Waals surface area contributed by atoms with Crippen molar-refractivity contribution in [3.8, 4) is 0 Å². The summed E-state index contributed by atoms with van der Waals surface area (Å²) in [6.07, 6.45) is 6.06. The van der Waals surface area contributed by atoms with E-state index in [1.165, 1.54) is 0 Å². The smallest absolute Gasteiger partial charge is 0.226 e. The number of carbonyl (C=O) groups excluding carboxylic acids is 1. The summed E-state index contributed by atoms with van der Waals surface area (Å²) in [5, 5.41) is 2.69. The molecule has 0 atom stereocenters. The maximum atomic E-state index is 11.6. The molecule has 8 heteroatoms. The molecule has 0 bridgehead atoms. The van der Waals surface area contributed by atoms with E-state index < -0.39 is 0 Å². The number of pyridine rings is 1. The van der Waals surface area contributed by atoms with Gasteiger partial charge in [0.2, 0.25) is 11.9 Å². The maximum absolute atomic E-state index is 11.6. The lowest BCUT2D eigenvalue weighted by Gasteiger charge is -2.37. The number of fused-ring (bicyclic) bond motifs is 1. The fourth-order valence-electron chi connectivity index (χ4n) is 3.31. The first kappa shape index (κ1) is 17.4. The lowest BCUT2D eigenvalue weighted by molar-refractivity contribution is -0.125. The molecular weight excluding hydrogens is 342 g/mol. The predicted octanol–water partition coefficient (Wildman–Crippen LogP) is 1.58. The van der Waals surface area contributed by atoms with Gasteiger partial charge in [0.1, 0.15) is 5.52 Å². The van der Waals surface area contributed by atoms with Crippen LogP contribution in [-0.4, -0.2) is 50.5 Å². The highest BCUT2D eigenvalue weighted by Gasteiger charge is 2.33.